The molecule has 1 aliphatic rings. The molecule has 0 radical (unpaired) electrons. The van der Waals surface area contributed by atoms with Crippen LogP contribution < -0.4 is 0 Å². The quantitative estimate of drug-likeness (QED) is 0.163. The molecular formula is C56H37N3. The number of hydrogen-bond donors (Lipinski definition) is 0. The normalized spacial score (nSPS) is 12.5. The topological polar surface area (TPSA) is 38.7 Å². The van der Waals surface area contributed by atoms with Gasteiger partial charge in [-0.2, -0.15) is 0 Å². The van der Waals surface area contributed by atoms with Crippen molar-refractivity contribution in [2.45, 2.75) is 5.41 Å². The molecule has 0 fully saturated rings. The Hall–Kier alpha value is -7.75. The van der Waals surface area contributed by atoms with Crippen molar-refractivity contribution in [1.29, 1.82) is 0 Å². The smallest absolute Gasteiger partial charge is 0.164 e. The van der Waals surface area contributed by atoms with E-state index in [9.17, 15) is 0 Å². The van der Waals surface area contributed by atoms with Gasteiger partial charge < -0.3 is 0 Å². The summed E-state index contributed by atoms with van der Waals surface area (Å²) in [6.45, 7) is 0. The maximum atomic E-state index is 5.14. The summed E-state index contributed by atoms with van der Waals surface area (Å²) in [6, 6.07) is 80.1. The average Bonchev–Trinajstić information content (AvgIpc) is 3.64. The van der Waals surface area contributed by atoms with Gasteiger partial charge in [-0.3, -0.25) is 0 Å². The van der Waals surface area contributed by atoms with E-state index in [0.717, 1.165) is 38.9 Å². The van der Waals surface area contributed by atoms with Crippen molar-refractivity contribution in [2.75, 3.05) is 0 Å². The van der Waals surface area contributed by atoms with Crippen molar-refractivity contribution in [3.8, 4) is 67.5 Å². The molecule has 0 saturated carbocycles. The fourth-order valence-corrected chi connectivity index (χ4v) is 9.10. The Morgan fingerprint density at radius 3 is 1.34 bits per heavy atom. The predicted octanol–water partition coefficient (Wildman–Crippen LogP) is 13.7. The number of nitrogens with zero attached hydrogens (tertiary/aromatic N) is 3. The first-order valence-electron chi connectivity index (χ1n) is 20.1. The van der Waals surface area contributed by atoms with E-state index in [-0.39, 0.29) is 0 Å². The van der Waals surface area contributed by atoms with Crippen LogP contribution in [0.15, 0.2) is 224 Å². The Morgan fingerprint density at radius 2 is 0.729 bits per heavy atom. The molecule has 0 bridgehead atoms. The molecule has 0 atom stereocenters. The molecule has 0 amide bonds. The highest BCUT2D eigenvalue weighted by molar-refractivity contribution is 6.05. The second-order valence-corrected chi connectivity index (χ2v) is 15.2. The van der Waals surface area contributed by atoms with Crippen LogP contribution in [-0.4, -0.2) is 15.0 Å². The van der Waals surface area contributed by atoms with E-state index in [1.165, 1.54) is 44.2 Å². The largest absolute Gasteiger partial charge is 0.208 e. The summed E-state index contributed by atoms with van der Waals surface area (Å²) < 4.78 is 0. The molecule has 3 heteroatoms. The van der Waals surface area contributed by atoms with Crippen LogP contribution in [0.1, 0.15) is 22.3 Å². The van der Waals surface area contributed by atoms with Gasteiger partial charge in [-0.05, 0) is 84.6 Å². The molecule has 10 aromatic rings. The molecule has 59 heavy (non-hydrogen) atoms. The molecule has 3 nitrogen and oxygen atoms in total. The van der Waals surface area contributed by atoms with Crippen molar-refractivity contribution >= 4 is 10.8 Å². The first-order valence-corrected chi connectivity index (χ1v) is 20.1. The Kier molecular flexibility index (Phi) is 8.37. The highest BCUT2D eigenvalue weighted by Crippen LogP contribution is 2.57. The SMILES string of the molecule is c1ccc(-c2cccc(-c3nc(-c4ccccc4)nc(-c4cccc(-c5ccc6ccc7c(c6c5)-c5ccccc5C7(c5ccccc5)c5ccccc5)c4)n3)c2)cc1. The van der Waals surface area contributed by atoms with Crippen LogP contribution in [0.5, 0.6) is 0 Å². The second kappa shape index (κ2) is 14.3. The summed E-state index contributed by atoms with van der Waals surface area (Å²) in [4.78, 5) is 15.3. The van der Waals surface area contributed by atoms with E-state index in [1.54, 1.807) is 0 Å². The van der Waals surface area contributed by atoms with Gasteiger partial charge in [0.15, 0.2) is 17.5 Å². The molecular weight excluding hydrogens is 715 g/mol. The zero-order valence-corrected chi connectivity index (χ0v) is 32.2. The molecule has 0 spiro atoms. The van der Waals surface area contributed by atoms with Crippen molar-refractivity contribution < 1.29 is 0 Å². The van der Waals surface area contributed by atoms with Gasteiger partial charge in [0.1, 0.15) is 0 Å². The number of benzene rings is 9. The molecule has 11 rings (SSSR count). The minimum absolute atomic E-state index is 0.452. The lowest BCUT2D eigenvalue weighted by atomic mass is 9.67. The number of hydrogen-bond acceptors (Lipinski definition) is 3. The summed E-state index contributed by atoms with van der Waals surface area (Å²) in [6.07, 6.45) is 0. The highest BCUT2D eigenvalue weighted by Gasteiger charge is 2.46. The predicted molar refractivity (Wildman–Crippen MR) is 242 cm³/mol. The lowest BCUT2D eigenvalue weighted by Crippen LogP contribution is -2.28. The summed E-state index contributed by atoms with van der Waals surface area (Å²) in [7, 11) is 0. The number of fused-ring (bicyclic) bond motifs is 5. The lowest BCUT2D eigenvalue weighted by molar-refractivity contribution is 0.769. The minimum atomic E-state index is -0.452. The molecule has 1 heterocycles. The van der Waals surface area contributed by atoms with Crippen molar-refractivity contribution in [2.24, 2.45) is 0 Å². The van der Waals surface area contributed by atoms with Gasteiger partial charge in [-0.1, -0.05) is 206 Å². The van der Waals surface area contributed by atoms with Crippen LogP contribution in [-0.2, 0) is 5.41 Å². The molecule has 1 aromatic heterocycles. The number of rotatable bonds is 7. The average molecular weight is 752 g/mol. The van der Waals surface area contributed by atoms with Crippen LogP contribution in [0.3, 0.4) is 0 Å². The van der Waals surface area contributed by atoms with E-state index >= 15 is 0 Å². The molecule has 0 aliphatic heterocycles. The first-order chi connectivity index (χ1) is 29.2. The fraction of sp³-hybridized carbons (Fsp3) is 0.0179. The van der Waals surface area contributed by atoms with Crippen molar-refractivity contribution in [3.05, 3.63) is 247 Å². The van der Waals surface area contributed by atoms with Crippen LogP contribution in [0, 0.1) is 0 Å². The lowest BCUT2D eigenvalue weighted by Gasteiger charge is -2.33. The standard InChI is InChI=1S/C56H37N3/c1-5-17-38(18-6-1)41-21-15-23-44(35-41)54-57-53(40-19-7-2-8-20-40)58-55(59-54)45-24-16-22-42(36-45)43-32-31-39-33-34-51-52(49(39)37-43)48-29-13-14-30-50(48)56(51,46-25-9-3-10-26-46)47-27-11-4-12-28-47/h1-37H. The Bertz CT molecular complexity index is 3100. The Labute approximate surface area is 344 Å². The first kappa shape index (κ1) is 34.5. The third kappa shape index (κ3) is 5.86. The van der Waals surface area contributed by atoms with E-state index < -0.39 is 5.41 Å². The van der Waals surface area contributed by atoms with Crippen LogP contribution in [0.25, 0.3) is 78.3 Å². The Morgan fingerprint density at radius 1 is 0.288 bits per heavy atom. The van der Waals surface area contributed by atoms with Crippen LogP contribution in [0.4, 0.5) is 0 Å². The molecule has 1 aliphatic carbocycles. The molecule has 276 valence electrons. The Balaban J connectivity index is 1.06. The fourth-order valence-electron chi connectivity index (χ4n) is 9.10. The molecule has 0 N–H and O–H groups in total. The third-order valence-corrected chi connectivity index (χ3v) is 11.8. The van der Waals surface area contributed by atoms with E-state index in [4.69, 9.17) is 15.0 Å². The third-order valence-electron chi connectivity index (χ3n) is 11.8. The van der Waals surface area contributed by atoms with Gasteiger partial charge in [0, 0.05) is 16.7 Å². The van der Waals surface area contributed by atoms with Gasteiger partial charge >= 0.3 is 0 Å². The zero-order valence-electron chi connectivity index (χ0n) is 32.2. The number of aromatic nitrogens is 3. The van der Waals surface area contributed by atoms with Crippen molar-refractivity contribution in [1.82, 2.24) is 15.0 Å². The van der Waals surface area contributed by atoms with E-state index in [1.807, 2.05) is 24.3 Å². The maximum absolute atomic E-state index is 5.14. The van der Waals surface area contributed by atoms with E-state index in [0.29, 0.717) is 17.5 Å². The van der Waals surface area contributed by atoms with Crippen LogP contribution in [0.2, 0.25) is 0 Å². The highest BCUT2D eigenvalue weighted by atomic mass is 15.0. The van der Waals surface area contributed by atoms with Gasteiger partial charge in [-0.15, -0.1) is 0 Å². The molecule has 9 aromatic carbocycles. The summed E-state index contributed by atoms with van der Waals surface area (Å²) in [5.41, 5.74) is 14.5. The van der Waals surface area contributed by atoms with E-state index in [2.05, 4.69) is 200 Å². The maximum Gasteiger partial charge on any atom is 0.164 e. The monoisotopic (exact) mass is 751 g/mol. The second-order valence-electron chi connectivity index (χ2n) is 15.2. The van der Waals surface area contributed by atoms with Gasteiger partial charge in [0.25, 0.3) is 0 Å². The zero-order chi connectivity index (χ0) is 39.2. The van der Waals surface area contributed by atoms with Gasteiger partial charge in [-0.25, -0.2) is 15.0 Å². The van der Waals surface area contributed by atoms with Crippen LogP contribution >= 0.6 is 0 Å². The minimum Gasteiger partial charge on any atom is -0.208 e. The molecule has 0 unspecified atom stereocenters. The summed E-state index contributed by atoms with van der Waals surface area (Å²) >= 11 is 0. The summed E-state index contributed by atoms with van der Waals surface area (Å²) in [5.74, 6) is 1.91. The van der Waals surface area contributed by atoms with Gasteiger partial charge in [0.2, 0.25) is 0 Å². The molecule has 0 saturated heterocycles. The van der Waals surface area contributed by atoms with Gasteiger partial charge in [0.05, 0.1) is 5.41 Å². The van der Waals surface area contributed by atoms with Crippen molar-refractivity contribution in [3.63, 3.8) is 0 Å². The summed E-state index contributed by atoms with van der Waals surface area (Å²) in [5, 5.41) is 2.45.